The predicted molar refractivity (Wildman–Crippen MR) is 99.5 cm³/mol. The standard InChI is InChI=1S/C18H15ClN4O4/c1-10-7-16(23-27-10)22-17(24)15-9-12(5-6-20-15)21-14-8-11(18(25)26-2)3-4-13(14)19/h3-9H,1-2H3,(H,20,21)(H,22,23,24). The summed E-state index contributed by atoms with van der Waals surface area (Å²) in [5.74, 6) is -0.0472. The second-order valence-corrected chi connectivity index (χ2v) is 5.93. The number of aromatic nitrogens is 2. The van der Waals surface area contributed by atoms with Crippen LogP contribution in [0.2, 0.25) is 5.02 Å². The van der Waals surface area contributed by atoms with Crippen molar-refractivity contribution in [3.63, 3.8) is 0 Å². The van der Waals surface area contributed by atoms with Crippen LogP contribution in [0.1, 0.15) is 26.6 Å². The van der Waals surface area contributed by atoms with Gasteiger partial charge >= 0.3 is 5.97 Å². The Balaban J connectivity index is 1.80. The zero-order valence-electron chi connectivity index (χ0n) is 14.4. The third-order valence-electron chi connectivity index (χ3n) is 3.53. The molecule has 0 spiro atoms. The molecule has 0 aliphatic carbocycles. The van der Waals surface area contributed by atoms with E-state index >= 15 is 0 Å². The molecule has 3 aromatic rings. The van der Waals surface area contributed by atoms with E-state index in [2.05, 4.69) is 20.8 Å². The molecule has 0 atom stereocenters. The molecule has 2 aromatic heterocycles. The Morgan fingerprint density at radius 3 is 2.70 bits per heavy atom. The first-order valence-electron chi connectivity index (χ1n) is 7.82. The Morgan fingerprint density at radius 2 is 2.00 bits per heavy atom. The van der Waals surface area contributed by atoms with Gasteiger partial charge < -0.3 is 19.9 Å². The molecule has 0 radical (unpaired) electrons. The number of carbonyl (C=O) groups excluding carboxylic acids is 2. The molecule has 0 unspecified atom stereocenters. The van der Waals surface area contributed by atoms with Gasteiger partial charge in [0.25, 0.3) is 5.91 Å². The molecule has 138 valence electrons. The maximum absolute atomic E-state index is 12.3. The summed E-state index contributed by atoms with van der Waals surface area (Å²) in [6.07, 6.45) is 1.48. The molecule has 1 aromatic carbocycles. The van der Waals surface area contributed by atoms with Crippen LogP contribution in [0.15, 0.2) is 47.1 Å². The second kappa shape index (κ2) is 7.88. The van der Waals surface area contributed by atoms with E-state index in [0.29, 0.717) is 33.5 Å². The number of pyridine rings is 1. The normalized spacial score (nSPS) is 10.3. The van der Waals surface area contributed by atoms with Crippen LogP contribution in [0.25, 0.3) is 0 Å². The number of halogens is 1. The average molecular weight is 387 g/mol. The monoisotopic (exact) mass is 386 g/mol. The third kappa shape index (κ3) is 4.42. The van der Waals surface area contributed by atoms with E-state index in [4.69, 9.17) is 20.9 Å². The number of anilines is 3. The molecule has 9 heteroatoms. The first-order valence-corrected chi connectivity index (χ1v) is 8.19. The highest BCUT2D eigenvalue weighted by molar-refractivity contribution is 6.33. The van der Waals surface area contributed by atoms with Gasteiger partial charge in [-0.2, -0.15) is 0 Å². The van der Waals surface area contributed by atoms with Gasteiger partial charge in [0.05, 0.1) is 23.4 Å². The van der Waals surface area contributed by atoms with Gasteiger partial charge in [0.1, 0.15) is 11.5 Å². The number of benzene rings is 1. The van der Waals surface area contributed by atoms with Crippen LogP contribution >= 0.6 is 11.6 Å². The third-order valence-corrected chi connectivity index (χ3v) is 3.86. The number of hydrogen-bond donors (Lipinski definition) is 2. The number of hydrogen-bond acceptors (Lipinski definition) is 7. The van der Waals surface area contributed by atoms with Gasteiger partial charge in [0.15, 0.2) is 5.82 Å². The van der Waals surface area contributed by atoms with Gasteiger partial charge in [-0.05, 0) is 37.3 Å². The quantitative estimate of drug-likeness (QED) is 0.642. The van der Waals surface area contributed by atoms with Crippen molar-refractivity contribution in [2.24, 2.45) is 0 Å². The Bertz CT molecular complexity index is 1000. The minimum Gasteiger partial charge on any atom is -0.465 e. The summed E-state index contributed by atoms with van der Waals surface area (Å²) >= 11 is 6.18. The van der Waals surface area contributed by atoms with Crippen molar-refractivity contribution in [2.75, 3.05) is 17.7 Å². The lowest BCUT2D eigenvalue weighted by molar-refractivity contribution is 0.0600. The topological polar surface area (TPSA) is 106 Å². The molecule has 3 rings (SSSR count). The van der Waals surface area contributed by atoms with Crippen LogP contribution < -0.4 is 10.6 Å². The highest BCUT2D eigenvalue weighted by atomic mass is 35.5. The van der Waals surface area contributed by atoms with Gasteiger partial charge in [0.2, 0.25) is 0 Å². The van der Waals surface area contributed by atoms with Crippen LogP contribution in [-0.4, -0.2) is 29.1 Å². The van der Waals surface area contributed by atoms with Crippen LogP contribution in [0, 0.1) is 6.92 Å². The van der Waals surface area contributed by atoms with Crippen LogP contribution in [-0.2, 0) is 4.74 Å². The Kier molecular flexibility index (Phi) is 5.37. The lowest BCUT2D eigenvalue weighted by Gasteiger charge is -2.11. The summed E-state index contributed by atoms with van der Waals surface area (Å²) in [5, 5.41) is 9.76. The molecule has 8 nitrogen and oxygen atoms in total. The summed E-state index contributed by atoms with van der Waals surface area (Å²) in [5.41, 5.74) is 1.57. The number of amides is 1. The lowest BCUT2D eigenvalue weighted by atomic mass is 10.2. The second-order valence-electron chi connectivity index (χ2n) is 5.52. The number of rotatable bonds is 5. The van der Waals surface area contributed by atoms with E-state index < -0.39 is 11.9 Å². The zero-order chi connectivity index (χ0) is 19.4. The van der Waals surface area contributed by atoms with Crippen LogP contribution in [0.4, 0.5) is 17.2 Å². The summed E-state index contributed by atoms with van der Waals surface area (Å²) in [4.78, 5) is 28.0. The molecule has 0 aliphatic heterocycles. The number of ether oxygens (including phenoxy) is 1. The van der Waals surface area contributed by atoms with Crippen LogP contribution in [0.3, 0.4) is 0 Å². The molecular formula is C18H15ClN4O4. The molecule has 27 heavy (non-hydrogen) atoms. The van der Waals surface area contributed by atoms with Gasteiger partial charge in [0, 0.05) is 18.0 Å². The minimum atomic E-state index is -0.479. The van der Waals surface area contributed by atoms with E-state index in [1.165, 1.54) is 13.3 Å². The number of nitrogens with one attached hydrogen (secondary N) is 2. The van der Waals surface area contributed by atoms with Gasteiger partial charge in [-0.15, -0.1) is 0 Å². The fourth-order valence-corrected chi connectivity index (χ4v) is 2.42. The summed E-state index contributed by atoms with van der Waals surface area (Å²) < 4.78 is 9.61. The maximum Gasteiger partial charge on any atom is 0.337 e. The summed E-state index contributed by atoms with van der Waals surface area (Å²) in [6.45, 7) is 1.72. The fourth-order valence-electron chi connectivity index (χ4n) is 2.26. The molecule has 0 bridgehead atoms. The Hall–Kier alpha value is -3.39. The van der Waals surface area contributed by atoms with Crippen LogP contribution in [0.5, 0.6) is 0 Å². The SMILES string of the molecule is COC(=O)c1ccc(Cl)c(Nc2ccnc(C(=O)Nc3cc(C)on3)c2)c1. The molecule has 2 N–H and O–H groups in total. The zero-order valence-corrected chi connectivity index (χ0v) is 15.2. The van der Waals surface area contributed by atoms with E-state index in [1.807, 2.05) is 0 Å². The van der Waals surface area contributed by atoms with E-state index in [0.717, 1.165) is 0 Å². The maximum atomic E-state index is 12.3. The lowest BCUT2D eigenvalue weighted by Crippen LogP contribution is -2.14. The summed E-state index contributed by atoms with van der Waals surface area (Å²) in [7, 11) is 1.30. The molecular weight excluding hydrogens is 372 g/mol. The van der Waals surface area contributed by atoms with Gasteiger partial charge in [-0.3, -0.25) is 9.78 Å². The van der Waals surface area contributed by atoms with Crippen molar-refractivity contribution in [1.82, 2.24) is 10.1 Å². The number of esters is 1. The van der Waals surface area contributed by atoms with Gasteiger partial charge in [-0.25, -0.2) is 4.79 Å². The van der Waals surface area contributed by atoms with Crippen molar-refractivity contribution in [1.29, 1.82) is 0 Å². The van der Waals surface area contributed by atoms with E-state index in [1.54, 1.807) is 43.3 Å². The molecule has 2 heterocycles. The highest BCUT2D eigenvalue weighted by Crippen LogP contribution is 2.27. The highest BCUT2D eigenvalue weighted by Gasteiger charge is 2.13. The van der Waals surface area contributed by atoms with Gasteiger partial charge in [-0.1, -0.05) is 16.8 Å². The number of carbonyl (C=O) groups is 2. The molecule has 1 amide bonds. The van der Waals surface area contributed by atoms with Crippen molar-refractivity contribution >= 4 is 40.7 Å². The average Bonchev–Trinajstić information content (AvgIpc) is 3.07. The van der Waals surface area contributed by atoms with E-state index in [-0.39, 0.29) is 5.69 Å². The predicted octanol–water partition coefficient (Wildman–Crippen LogP) is 3.81. The van der Waals surface area contributed by atoms with Crippen molar-refractivity contribution in [3.8, 4) is 0 Å². The first-order chi connectivity index (χ1) is 13.0. The number of nitrogens with zero attached hydrogens (tertiary/aromatic N) is 2. The van der Waals surface area contributed by atoms with E-state index in [9.17, 15) is 9.59 Å². The molecule has 0 fully saturated rings. The van der Waals surface area contributed by atoms with Crippen molar-refractivity contribution < 1.29 is 18.8 Å². The Labute approximate surface area is 159 Å². The minimum absolute atomic E-state index is 0.167. The molecule has 0 saturated carbocycles. The number of aryl methyl sites for hydroxylation is 1. The number of methoxy groups -OCH3 is 1. The Morgan fingerprint density at radius 1 is 1.19 bits per heavy atom. The molecule has 0 saturated heterocycles. The van der Waals surface area contributed by atoms with Crippen molar-refractivity contribution in [2.45, 2.75) is 6.92 Å². The molecule has 0 aliphatic rings. The fraction of sp³-hybridized carbons (Fsp3) is 0.111. The smallest absolute Gasteiger partial charge is 0.337 e. The largest absolute Gasteiger partial charge is 0.465 e. The first kappa shape index (κ1) is 18.4. The summed E-state index contributed by atoms with van der Waals surface area (Å²) in [6, 6.07) is 9.51. The van der Waals surface area contributed by atoms with Crippen molar-refractivity contribution in [3.05, 3.63) is 64.6 Å².